The number of rotatable bonds is 6. The summed E-state index contributed by atoms with van der Waals surface area (Å²) in [7, 11) is 0. The molecular formula is C50H38N6. The summed E-state index contributed by atoms with van der Waals surface area (Å²) < 4.78 is 4.66. The summed E-state index contributed by atoms with van der Waals surface area (Å²) in [6, 6.07) is 63.9. The van der Waals surface area contributed by atoms with E-state index in [0.717, 1.165) is 22.5 Å². The van der Waals surface area contributed by atoms with E-state index >= 15 is 0 Å². The molecule has 0 aliphatic carbocycles. The number of benzene rings is 7. The molecule has 0 aliphatic heterocycles. The van der Waals surface area contributed by atoms with Gasteiger partial charge in [-0.2, -0.15) is 0 Å². The van der Waals surface area contributed by atoms with Crippen LogP contribution in [0.15, 0.2) is 194 Å². The van der Waals surface area contributed by atoms with E-state index in [-0.39, 0.29) is 5.71 Å². The number of anilines is 1. The average molecular weight is 723 g/mol. The van der Waals surface area contributed by atoms with Crippen LogP contribution in [-0.4, -0.2) is 24.8 Å². The minimum atomic E-state index is 0.211. The molecule has 7 aromatic carbocycles. The van der Waals surface area contributed by atoms with Crippen LogP contribution in [0.5, 0.6) is 0 Å². The van der Waals surface area contributed by atoms with Crippen molar-refractivity contribution >= 4 is 44.1 Å². The van der Waals surface area contributed by atoms with Crippen molar-refractivity contribution < 1.29 is 0 Å². The van der Waals surface area contributed by atoms with Crippen LogP contribution in [-0.2, 0) is 0 Å². The molecule has 6 heteroatoms. The maximum absolute atomic E-state index is 8.62. The van der Waals surface area contributed by atoms with Crippen molar-refractivity contribution in [1.29, 1.82) is 5.41 Å². The zero-order valence-corrected chi connectivity index (χ0v) is 30.8. The van der Waals surface area contributed by atoms with Crippen molar-refractivity contribution in [1.82, 2.24) is 19.1 Å². The Morgan fingerprint density at radius 3 is 1.80 bits per heavy atom. The van der Waals surface area contributed by atoms with Crippen molar-refractivity contribution in [2.24, 2.45) is 0 Å². The fourth-order valence-corrected chi connectivity index (χ4v) is 7.37. The first-order chi connectivity index (χ1) is 27.5. The van der Waals surface area contributed by atoms with E-state index in [0.29, 0.717) is 17.1 Å². The van der Waals surface area contributed by atoms with Crippen LogP contribution < -0.4 is 5.73 Å². The number of fused-ring (bicyclic) bond motifs is 4. The normalized spacial score (nSPS) is 11.1. The van der Waals surface area contributed by atoms with Gasteiger partial charge in [-0.05, 0) is 73.2 Å². The van der Waals surface area contributed by atoms with Gasteiger partial charge in [-0.25, -0.2) is 9.97 Å². The number of nitrogens with zero attached hydrogens (tertiary/aromatic N) is 4. The van der Waals surface area contributed by atoms with E-state index in [4.69, 9.17) is 11.1 Å². The maximum atomic E-state index is 8.62. The van der Waals surface area contributed by atoms with Crippen LogP contribution in [0.4, 0.5) is 5.69 Å². The second kappa shape index (κ2) is 14.7. The van der Waals surface area contributed by atoms with Gasteiger partial charge in [-0.3, -0.25) is 5.41 Å². The predicted octanol–water partition coefficient (Wildman–Crippen LogP) is 11.8. The van der Waals surface area contributed by atoms with E-state index in [2.05, 4.69) is 129 Å². The minimum absolute atomic E-state index is 0.211. The summed E-state index contributed by atoms with van der Waals surface area (Å²) >= 11 is 0. The third-order valence-electron chi connectivity index (χ3n) is 10.1. The zero-order chi connectivity index (χ0) is 38.0. The van der Waals surface area contributed by atoms with Crippen molar-refractivity contribution in [2.75, 3.05) is 5.73 Å². The third-order valence-corrected chi connectivity index (χ3v) is 10.1. The van der Waals surface area contributed by atoms with Gasteiger partial charge in [-0.1, -0.05) is 127 Å². The van der Waals surface area contributed by atoms with Crippen LogP contribution >= 0.6 is 0 Å². The topological polar surface area (TPSA) is 85.5 Å². The molecule has 0 unspecified atom stereocenters. The molecule has 56 heavy (non-hydrogen) atoms. The highest BCUT2D eigenvalue weighted by Crippen LogP contribution is 2.36. The number of hydrogen-bond donors (Lipinski definition) is 2. The molecule has 3 aromatic heterocycles. The molecule has 0 saturated carbocycles. The minimum Gasteiger partial charge on any atom is -0.398 e. The Kier molecular flexibility index (Phi) is 8.97. The maximum Gasteiger partial charge on any atom is 0.179 e. The molecule has 0 amide bonds. The van der Waals surface area contributed by atoms with Gasteiger partial charge in [0.15, 0.2) is 5.82 Å². The van der Waals surface area contributed by atoms with E-state index in [1.165, 1.54) is 49.6 Å². The molecule has 0 aliphatic rings. The molecule has 0 saturated heterocycles. The van der Waals surface area contributed by atoms with Crippen molar-refractivity contribution in [3.8, 4) is 33.9 Å². The standard InChI is InChI=1S/C27H20N2.C23H18N4/c1-19-8-7-11-22(16-19)29-25-13-6-5-12-23(25)24-18-26-20(17-27(24)29)14-15-28(26)21-9-3-2-4-10-21;24-19-14-8-7-13-18(19)22(25)23-26-20(16-9-3-1-4-10-16)15-21(27-23)17-11-5-2-6-12-17/h2-18H,1H3;1-15,25H,24H2. The van der Waals surface area contributed by atoms with Crippen LogP contribution in [0.25, 0.3) is 66.6 Å². The fraction of sp³-hybridized carbons (Fsp3) is 0.0200. The summed E-state index contributed by atoms with van der Waals surface area (Å²) in [5, 5.41) is 12.4. The Labute approximate surface area is 325 Å². The Morgan fingerprint density at radius 1 is 0.518 bits per heavy atom. The van der Waals surface area contributed by atoms with E-state index in [1.54, 1.807) is 6.07 Å². The van der Waals surface area contributed by atoms with Gasteiger partial charge < -0.3 is 14.9 Å². The second-order valence-corrected chi connectivity index (χ2v) is 13.8. The van der Waals surface area contributed by atoms with Gasteiger partial charge in [0.1, 0.15) is 5.71 Å². The zero-order valence-electron chi connectivity index (χ0n) is 30.8. The fourth-order valence-electron chi connectivity index (χ4n) is 7.37. The van der Waals surface area contributed by atoms with Crippen LogP contribution in [0, 0.1) is 12.3 Å². The number of nitrogen functional groups attached to an aromatic ring is 1. The third kappa shape index (κ3) is 6.50. The average Bonchev–Trinajstić information content (AvgIpc) is 3.82. The number of para-hydroxylation sites is 3. The largest absolute Gasteiger partial charge is 0.398 e. The lowest BCUT2D eigenvalue weighted by atomic mass is 10.0. The molecule has 3 heterocycles. The summed E-state index contributed by atoms with van der Waals surface area (Å²) in [6.45, 7) is 2.15. The van der Waals surface area contributed by atoms with Gasteiger partial charge in [0.05, 0.1) is 27.9 Å². The summed E-state index contributed by atoms with van der Waals surface area (Å²) in [5.41, 5.74) is 18.3. The van der Waals surface area contributed by atoms with Crippen LogP contribution in [0.2, 0.25) is 0 Å². The molecule has 3 N–H and O–H groups in total. The number of aryl methyl sites for hydroxylation is 1. The number of nitrogens with one attached hydrogen (secondary N) is 1. The highest BCUT2D eigenvalue weighted by molar-refractivity contribution is 6.14. The molecule has 10 aromatic rings. The van der Waals surface area contributed by atoms with E-state index in [9.17, 15) is 0 Å². The highest BCUT2D eigenvalue weighted by atomic mass is 15.0. The van der Waals surface area contributed by atoms with Crippen molar-refractivity contribution in [2.45, 2.75) is 6.92 Å². The molecule has 10 rings (SSSR count). The predicted molar refractivity (Wildman–Crippen MR) is 232 cm³/mol. The molecule has 0 atom stereocenters. The van der Waals surface area contributed by atoms with Gasteiger partial charge in [0, 0.05) is 56.1 Å². The summed E-state index contributed by atoms with van der Waals surface area (Å²) in [5.74, 6) is 0.355. The first kappa shape index (κ1) is 34.2. The number of nitrogens with two attached hydrogens (primary N) is 1. The Hall–Kier alpha value is -7.57. The molecule has 6 nitrogen and oxygen atoms in total. The van der Waals surface area contributed by atoms with Gasteiger partial charge >= 0.3 is 0 Å². The lowest BCUT2D eigenvalue weighted by molar-refractivity contribution is 1.13. The molecule has 0 spiro atoms. The summed E-state index contributed by atoms with van der Waals surface area (Å²) in [4.78, 5) is 9.31. The van der Waals surface area contributed by atoms with Crippen molar-refractivity contribution in [3.63, 3.8) is 0 Å². The van der Waals surface area contributed by atoms with Crippen LogP contribution in [0.3, 0.4) is 0 Å². The molecule has 0 radical (unpaired) electrons. The smallest absolute Gasteiger partial charge is 0.179 e. The number of aromatic nitrogens is 4. The Morgan fingerprint density at radius 2 is 1.12 bits per heavy atom. The Bertz CT molecular complexity index is 2940. The van der Waals surface area contributed by atoms with Gasteiger partial charge in [-0.15, -0.1) is 0 Å². The highest BCUT2D eigenvalue weighted by Gasteiger charge is 2.17. The molecular weight excluding hydrogens is 685 g/mol. The number of hydrogen-bond acceptors (Lipinski definition) is 4. The van der Waals surface area contributed by atoms with E-state index < -0.39 is 0 Å². The first-order valence-corrected chi connectivity index (χ1v) is 18.6. The van der Waals surface area contributed by atoms with Gasteiger partial charge in [0.2, 0.25) is 0 Å². The van der Waals surface area contributed by atoms with E-state index in [1.807, 2.05) is 84.9 Å². The van der Waals surface area contributed by atoms with Gasteiger partial charge in [0.25, 0.3) is 0 Å². The molecule has 0 bridgehead atoms. The molecule has 268 valence electrons. The van der Waals surface area contributed by atoms with Crippen LogP contribution in [0.1, 0.15) is 17.0 Å². The van der Waals surface area contributed by atoms with Crippen molar-refractivity contribution in [3.05, 3.63) is 211 Å². The lowest BCUT2D eigenvalue weighted by Gasteiger charge is -2.11. The Balaban J connectivity index is 0.000000147. The lowest BCUT2D eigenvalue weighted by Crippen LogP contribution is -2.11. The SMILES string of the molecule is Cc1cccc(-n2c3ccccc3c3cc4c(ccn4-c4ccccc4)cc32)c1.N=C(c1nc(-c2ccccc2)cc(-c2ccccc2)n1)c1ccccc1N. The monoisotopic (exact) mass is 722 g/mol. The quantitative estimate of drug-likeness (QED) is 0.132. The second-order valence-electron chi connectivity index (χ2n) is 13.8. The summed E-state index contributed by atoms with van der Waals surface area (Å²) in [6.07, 6.45) is 2.16. The molecule has 0 fully saturated rings. The first-order valence-electron chi connectivity index (χ1n) is 18.6.